The highest BCUT2D eigenvalue weighted by Gasteiger charge is 2.23. The van der Waals surface area contributed by atoms with Crippen LogP contribution in [0.2, 0.25) is 0 Å². The first kappa shape index (κ1) is 16.0. The fraction of sp³-hybridized carbons (Fsp3) is 0.211. The molecule has 0 bridgehead atoms. The van der Waals surface area contributed by atoms with Crippen molar-refractivity contribution in [2.24, 2.45) is 0 Å². The van der Waals surface area contributed by atoms with Gasteiger partial charge in [0.1, 0.15) is 18.3 Å². The topological polar surface area (TPSA) is 60.7 Å². The van der Waals surface area contributed by atoms with Gasteiger partial charge in [0.05, 0.1) is 6.54 Å². The zero-order chi connectivity index (χ0) is 17.4. The van der Waals surface area contributed by atoms with Gasteiger partial charge >= 0.3 is 0 Å². The van der Waals surface area contributed by atoms with Crippen molar-refractivity contribution in [2.45, 2.75) is 13.0 Å². The molecule has 0 saturated carbocycles. The maximum absolute atomic E-state index is 12.5. The molecule has 4 rings (SSSR count). The fourth-order valence-electron chi connectivity index (χ4n) is 2.86. The molecule has 2 aromatic carbocycles. The molecule has 2 heterocycles. The predicted molar refractivity (Wildman–Crippen MR) is 97.3 cm³/mol. The number of para-hydroxylation sites is 2. The number of ether oxygens (including phenoxy) is 2. The van der Waals surface area contributed by atoms with Crippen molar-refractivity contribution in [1.29, 1.82) is 0 Å². The Morgan fingerprint density at radius 3 is 2.88 bits per heavy atom. The van der Waals surface area contributed by atoms with Crippen molar-refractivity contribution in [3.05, 3.63) is 58.3 Å². The van der Waals surface area contributed by atoms with Gasteiger partial charge in [0.2, 0.25) is 0 Å². The molecule has 3 aromatic rings. The van der Waals surface area contributed by atoms with Gasteiger partial charge in [-0.3, -0.25) is 4.79 Å². The third kappa shape index (κ3) is 3.09. The van der Waals surface area contributed by atoms with Crippen LogP contribution in [0, 0.1) is 6.92 Å². The summed E-state index contributed by atoms with van der Waals surface area (Å²) in [6, 6.07) is 13.2. The number of benzene rings is 2. The van der Waals surface area contributed by atoms with Gasteiger partial charge in [-0.25, -0.2) is 0 Å². The SMILES string of the molecule is Cc1c(C(=O)NCC2COc3ccccc3O2)oc2ccc(Br)cc12. The number of fused-ring (bicyclic) bond motifs is 2. The summed E-state index contributed by atoms with van der Waals surface area (Å²) in [7, 11) is 0. The number of rotatable bonds is 3. The maximum Gasteiger partial charge on any atom is 0.287 e. The van der Waals surface area contributed by atoms with Crippen molar-refractivity contribution in [2.75, 3.05) is 13.2 Å². The molecule has 0 fully saturated rings. The quantitative estimate of drug-likeness (QED) is 0.718. The number of aryl methyl sites for hydroxylation is 1. The van der Waals surface area contributed by atoms with E-state index in [2.05, 4.69) is 21.2 Å². The lowest BCUT2D eigenvalue weighted by atomic mass is 10.1. The Hall–Kier alpha value is -2.47. The third-order valence-electron chi connectivity index (χ3n) is 4.16. The van der Waals surface area contributed by atoms with Gasteiger partial charge in [0.15, 0.2) is 17.3 Å². The molecule has 0 saturated heterocycles. The highest BCUT2D eigenvalue weighted by molar-refractivity contribution is 9.10. The predicted octanol–water partition coefficient (Wildman–Crippen LogP) is 4.07. The molecular weight excluding hydrogens is 386 g/mol. The summed E-state index contributed by atoms with van der Waals surface area (Å²) in [6.45, 7) is 2.61. The smallest absolute Gasteiger partial charge is 0.287 e. The Kier molecular flexibility index (Phi) is 4.13. The van der Waals surface area contributed by atoms with Crippen LogP contribution in [-0.4, -0.2) is 25.2 Å². The average molecular weight is 402 g/mol. The van der Waals surface area contributed by atoms with Crippen LogP contribution in [0.15, 0.2) is 51.4 Å². The lowest BCUT2D eigenvalue weighted by molar-refractivity contribution is 0.0774. The van der Waals surface area contributed by atoms with Gasteiger partial charge in [-0.05, 0) is 37.3 Å². The first-order chi connectivity index (χ1) is 12.1. The van der Waals surface area contributed by atoms with E-state index in [1.807, 2.05) is 49.4 Å². The van der Waals surface area contributed by atoms with E-state index in [1.165, 1.54) is 0 Å². The van der Waals surface area contributed by atoms with Gasteiger partial charge in [0, 0.05) is 15.4 Å². The molecule has 25 heavy (non-hydrogen) atoms. The molecule has 1 atom stereocenters. The van der Waals surface area contributed by atoms with Crippen molar-refractivity contribution in [1.82, 2.24) is 5.32 Å². The lowest BCUT2D eigenvalue weighted by Crippen LogP contribution is -2.40. The molecule has 1 unspecified atom stereocenters. The summed E-state index contributed by atoms with van der Waals surface area (Å²) in [5.41, 5.74) is 1.51. The maximum atomic E-state index is 12.5. The number of carbonyl (C=O) groups is 1. The molecule has 0 spiro atoms. The molecule has 1 aliphatic heterocycles. The lowest BCUT2D eigenvalue weighted by Gasteiger charge is -2.26. The number of amides is 1. The van der Waals surface area contributed by atoms with Crippen LogP contribution >= 0.6 is 15.9 Å². The Morgan fingerprint density at radius 2 is 2.04 bits per heavy atom. The van der Waals surface area contributed by atoms with Crippen molar-refractivity contribution < 1.29 is 18.7 Å². The molecular formula is C19H16BrNO4. The molecule has 1 N–H and O–H groups in total. The van der Waals surface area contributed by atoms with Crippen molar-refractivity contribution >= 4 is 32.8 Å². The van der Waals surface area contributed by atoms with Crippen LogP contribution < -0.4 is 14.8 Å². The van der Waals surface area contributed by atoms with Crippen molar-refractivity contribution in [3.63, 3.8) is 0 Å². The largest absolute Gasteiger partial charge is 0.486 e. The molecule has 1 aliphatic rings. The number of nitrogens with one attached hydrogen (secondary N) is 1. The summed E-state index contributed by atoms with van der Waals surface area (Å²) >= 11 is 3.44. The molecule has 5 nitrogen and oxygen atoms in total. The second-order valence-corrected chi connectivity index (χ2v) is 6.82. The molecule has 128 valence electrons. The molecule has 0 radical (unpaired) electrons. The summed E-state index contributed by atoms with van der Waals surface area (Å²) in [6.07, 6.45) is -0.238. The Balaban J connectivity index is 1.46. The summed E-state index contributed by atoms with van der Waals surface area (Å²) in [5.74, 6) is 1.49. The minimum absolute atomic E-state index is 0.238. The Bertz CT molecular complexity index is 950. The van der Waals surface area contributed by atoms with Gasteiger partial charge < -0.3 is 19.2 Å². The number of carbonyl (C=O) groups excluding carboxylic acids is 1. The monoisotopic (exact) mass is 401 g/mol. The number of hydrogen-bond acceptors (Lipinski definition) is 4. The Labute approximate surface area is 153 Å². The van der Waals surface area contributed by atoms with E-state index in [-0.39, 0.29) is 12.0 Å². The molecule has 6 heteroatoms. The minimum Gasteiger partial charge on any atom is -0.486 e. The fourth-order valence-corrected chi connectivity index (χ4v) is 3.22. The van der Waals surface area contributed by atoms with Gasteiger partial charge in [-0.1, -0.05) is 28.1 Å². The standard InChI is InChI=1S/C19H16BrNO4/c1-11-14-8-12(20)6-7-15(14)25-18(11)19(22)21-9-13-10-23-16-4-2-3-5-17(16)24-13/h2-8,13H,9-10H2,1H3,(H,21,22). The van der Waals surface area contributed by atoms with E-state index in [9.17, 15) is 4.79 Å². The van der Waals surface area contributed by atoms with Crippen LogP contribution in [0.1, 0.15) is 16.1 Å². The van der Waals surface area contributed by atoms with Crippen LogP contribution in [0.4, 0.5) is 0 Å². The third-order valence-corrected chi connectivity index (χ3v) is 4.66. The van der Waals surface area contributed by atoms with Gasteiger partial charge in [-0.15, -0.1) is 0 Å². The van der Waals surface area contributed by atoms with E-state index in [1.54, 1.807) is 0 Å². The normalized spacial score (nSPS) is 16.0. The first-order valence-corrected chi connectivity index (χ1v) is 8.76. The second-order valence-electron chi connectivity index (χ2n) is 5.90. The van der Waals surface area contributed by atoms with E-state index in [0.29, 0.717) is 30.2 Å². The highest BCUT2D eigenvalue weighted by Crippen LogP contribution is 2.31. The molecule has 1 amide bonds. The average Bonchev–Trinajstić information content (AvgIpc) is 2.96. The molecule has 0 aliphatic carbocycles. The minimum atomic E-state index is -0.257. The zero-order valence-electron chi connectivity index (χ0n) is 13.5. The van der Waals surface area contributed by atoms with E-state index < -0.39 is 0 Å². The first-order valence-electron chi connectivity index (χ1n) is 7.97. The summed E-state index contributed by atoms with van der Waals surface area (Å²) in [5, 5.41) is 3.79. The van der Waals surface area contributed by atoms with Crippen LogP contribution in [0.3, 0.4) is 0 Å². The zero-order valence-corrected chi connectivity index (χ0v) is 15.1. The van der Waals surface area contributed by atoms with Crippen LogP contribution in [0.25, 0.3) is 11.0 Å². The van der Waals surface area contributed by atoms with Gasteiger partial charge in [0.25, 0.3) is 5.91 Å². The van der Waals surface area contributed by atoms with E-state index in [0.717, 1.165) is 21.2 Å². The number of halogens is 1. The highest BCUT2D eigenvalue weighted by atomic mass is 79.9. The van der Waals surface area contributed by atoms with Crippen molar-refractivity contribution in [3.8, 4) is 11.5 Å². The number of furan rings is 1. The molecule has 1 aromatic heterocycles. The van der Waals surface area contributed by atoms with Crippen LogP contribution in [0.5, 0.6) is 11.5 Å². The summed E-state index contributed by atoms with van der Waals surface area (Å²) < 4.78 is 18.2. The number of hydrogen-bond donors (Lipinski definition) is 1. The van der Waals surface area contributed by atoms with E-state index in [4.69, 9.17) is 13.9 Å². The van der Waals surface area contributed by atoms with Gasteiger partial charge in [-0.2, -0.15) is 0 Å². The van der Waals surface area contributed by atoms with E-state index >= 15 is 0 Å². The van der Waals surface area contributed by atoms with Crippen LogP contribution in [-0.2, 0) is 0 Å². The summed E-state index contributed by atoms with van der Waals surface area (Å²) in [4.78, 5) is 12.5. The Morgan fingerprint density at radius 1 is 1.24 bits per heavy atom. The second kappa shape index (κ2) is 6.44.